The second-order valence-electron chi connectivity index (χ2n) is 9.09. The third-order valence-corrected chi connectivity index (χ3v) is 3.86. The number of carbonyl (C=O) groups is 3. The normalized spacial score (nSPS) is 12.7. The van der Waals surface area contributed by atoms with Gasteiger partial charge >= 0.3 is 6.09 Å². The zero-order valence-corrected chi connectivity index (χ0v) is 18.9. The van der Waals surface area contributed by atoms with Gasteiger partial charge in [0.25, 0.3) is 0 Å². The highest BCUT2D eigenvalue weighted by Crippen LogP contribution is 2.23. The molecule has 0 heterocycles. The Balaban J connectivity index is 3.08. The lowest BCUT2D eigenvalue weighted by Gasteiger charge is -2.33. The molecule has 3 amide bonds. The van der Waals surface area contributed by atoms with Crippen molar-refractivity contribution in [2.24, 2.45) is 0 Å². The van der Waals surface area contributed by atoms with Gasteiger partial charge in [0, 0.05) is 12.1 Å². The number of hydrogen-bond donors (Lipinski definition) is 2. The smallest absolute Gasteiger partial charge is 0.408 e. The standard InChI is InChI=1S/C22H35N3O4/c1-9-25(17(26)14-23-20(28)29-22(6,7)8)18(19(27)24-21(3,4)5)16-12-10-11-15(2)13-16/h10-13,18H,9,14H2,1-8H3,(H,23,28)(H,24,27). The average Bonchev–Trinajstić information content (AvgIpc) is 2.54. The minimum absolute atomic E-state index is 0.256. The molecule has 1 unspecified atom stereocenters. The Morgan fingerprint density at radius 3 is 2.21 bits per heavy atom. The van der Waals surface area contributed by atoms with Crippen LogP contribution in [0.15, 0.2) is 24.3 Å². The summed E-state index contributed by atoms with van der Waals surface area (Å²) in [6, 6.07) is 6.72. The summed E-state index contributed by atoms with van der Waals surface area (Å²) in [6.45, 7) is 14.7. The van der Waals surface area contributed by atoms with Crippen LogP contribution in [0.2, 0.25) is 0 Å². The summed E-state index contributed by atoms with van der Waals surface area (Å²) < 4.78 is 5.18. The fraction of sp³-hybridized carbons (Fsp3) is 0.591. The topological polar surface area (TPSA) is 87.7 Å². The molecule has 1 atom stereocenters. The minimum Gasteiger partial charge on any atom is -0.444 e. The summed E-state index contributed by atoms with van der Waals surface area (Å²) >= 11 is 0. The average molecular weight is 406 g/mol. The zero-order valence-electron chi connectivity index (χ0n) is 18.9. The summed E-state index contributed by atoms with van der Waals surface area (Å²) in [7, 11) is 0. The van der Waals surface area contributed by atoms with Crippen LogP contribution in [-0.4, -0.2) is 47.0 Å². The summed E-state index contributed by atoms with van der Waals surface area (Å²) in [5, 5.41) is 5.43. The predicted molar refractivity (Wildman–Crippen MR) is 113 cm³/mol. The molecule has 0 bridgehead atoms. The first-order chi connectivity index (χ1) is 13.2. The number of rotatable bonds is 6. The maximum Gasteiger partial charge on any atom is 0.408 e. The van der Waals surface area contributed by atoms with Crippen LogP contribution in [0.1, 0.15) is 65.6 Å². The van der Waals surface area contributed by atoms with Crippen LogP contribution in [-0.2, 0) is 14.3 Å². The van der Waals surface area contributed by atoms with Crippen LogP contribution in [0, 0.1) is 6.92 Å². The number of hydrogen-bond acceptors (Lipinski definition) is 4. The number of nitrogens with one attached hydrogen (secondary N) is 2. The zero-order chi connectivity index (χ0) is 22.4. The van der Waals surface area contributed by atoms with Gasteiger partial charge in [-0.15, -0.1) is 0 Å². The number of nitrogens with zero attached hydrogens (tertiary/aromatic N) is 1. The third-order valence-electron chi connectivity index (χ3n) is 3.86. The van der Waals surface area contributed by atoms with Gasteiger partial charge in [-0.25, -0.2) is 4.79 Å². The Morgan fingerprint density at radius 1 is 1.10 bits per heavy atom. The SMILES string of the molecule is CCN(C(=O)CNC(=O)OC(C)(C)C)C(C(=O)NC(C)(C)C)c1cccc(C)c1. The minimum atomic E-state index is -0.799. The van der Waals surface area contributed by atoms with E-state index in [2.05, 4.69) is 10.6 Å². The molecule has 29 heavy (non-hydrogen) atoms. The molecule has 0 spiro atoms. The van der Waals surface area contributed by atoms with Crippen LogP contribution >= 0.6 is 0 Å². The number of amides is 3. The van der Waals surface area contributed by atoms with Crippen LogP contribution in [0.5, 0.6) is 0 Å². The Bertz CT molecular complexity index is 732. The van der Waals surface area contributed by atoms with Crippen molar-refractivity contribution < 1.29 is 19.1 Å². The van der Waals surface area contributed by atoms with Crippen molar-refractivity contribution in [3.8, 4) is 0 Å². The number of likely N-dealkylation sites (N-methyl/N-ethyl adjacent to an activating group) is 1. The summed E-state index contributed by atoms with van der Waals surface area (Å²) in [5.74, 6) is -0.635. The molecule has 0 saturated heterocycles. The van der Waals surface area contributed by atoms with Crippen LogP contribution in [0.3, 0.4) is 0 Å². The number of alkyl carbamates (subject to hydrolysis) is 1. The van der Waals surface area contributed by atoms with E-state index in [4.69, 9.17) is 4.74 Å². The second-order valence-corrected chi connectivity index (χ2v) is 9.09. The lowest BCUT2D eigenvalue weighted by Crippen LogP contribution is -2.51. The van der Waals surface area contributed by atoms with Crippen molar-refractivity contribution in [3.63, 3.8) is 0 Å². The molecule has 2 N–H and O–H groups in total. The molecule has 0 aliphatic carbocycles. The van der Waals surface area contributed by atoms with Gasteiger partial charge < -0.3 is 20.3 Å². The first kappa shape index (κ1) is 24.5. The molecule has 0 fully saturated rings. The molecule has 0 saturated carbocycles. The van der Waals surface area contributed by atoms with E-state index in [1.54, 1.807) is 27.7 Å². The van der Waals surface area contributed by atoms with Gasteiger partial charge in [0.2, 0.25) is 11.8 Å². The van der Waals surface area contributed by atoms with Gasteiger partial charge in [-0.3, -0.25) is 9.59 Å². The lowest BCUT2D eigenvalue weighted by atomic mass is 10.00. The van der Waals surface area contributed by atoms with E-state index in [0.29, 0.717) is 6.54 Å². The number of benzene rings is 1. The van der Waals surface area contributed by atoms with Crippen molar-refractivity contribution in [3.05, 3.63) is 35.4 Å². The molecule has 0 radical (unpaired) electrons. The summed E-state index contributed by atoms with van der Waals surface area (Å²) in [4.78, 5) is 39.3. The van der Waals surface area contributed by atoms with Gasteiger partial charge in [0.1, 0.15) is 18.2 Å². The van der Waals surface area contributed by atoms with Gasteiger partial charge in [0.05, 0.1) is 0 Å². The van der Waals surface area contributed by atoms with Gasteiger partial charge in [0.15, 0.2) is 0 Å². The third kappa shape index (κ3) is 8.54. The molecule has 0 aliphatic heterocycles. The van der Waals surface area contributed by atoms with Crippen molar-refractivity contribution in [2.75, 3.05) is 13.1 Å². The van der Waals surface area contributed by atoms with Gasteiger partial charge in [-0.1, -0.05) is 29.8 Å². The lowest BCUT2D eigenvalue weighted by molar-refractivity contribution is -0.140. The van der Waals surface area contributed by atoms with E-state index in [0.717, 1.165) is 11.1 Å². The van der Waals surface area contributed by atoms with Crippen molar-refractivity contribution in [1.29, 1.82) is 0 Å². The summed E-state index contributed by atoms with van der Waals surface area (Å²) in [6.07, 6.45) is -0.673. The molecule has 162 valence electrons. The highest BCUT2D eigenvalue weighted by atomic mass is 16.6. The second kappa shape index (κ2) is 9.76. The Hall–Kier alpha value is -2.57. The Kier molecular flexibility index (Phi) is 8.24. The Labute approximate surface area is 174 Å². The van der Waals surface area contributed by atoms with Crippen molar-refractivity contribution >= 4 is 17.9 Å². The molecule has 1 aromatic carbocycles. The fourth-order valence-electron chi connectivity index (χ4n) is 2.82. The number of ether oxygens (including phenoxy) is 1. The van der Waals surface area contributed by atoms with E-state index >= 15 is 0 Å². The van der Waals surface area contributed by atoms with Crippen LogP contribution in [0.4, 0.5) is 4.79 Å². The highest BCUT2D eigenvalue weighted by Gasteiger charge is 2.32. The molecule has 0 aliphatic rings. The van der Waals surface area contributed by atoms with Crippen molar-refractivity contribution in [1.82, 2.24) is 15.5 Å². The molecular weight excluding hydrogens is 370 g/mol. The quantitative estimate of drug-likeness (QED) is 0.760. The maximum atomic E-state index is 13.1. The first-order valence-corrected chi connectivity index (χ1v) is 9.88. The highest BCUT2D eigenvalue weighted by molar-refractivity contribution is 5.90. The van der Waals surface area contributed by atoms with E-state index in [-0.39, 0.29) is 18.4 Å². The Morgan fingerprint density at radius 2 is 1.72 bits per heavy atom. The maximum absolute atomic E-state index is 13.1. The van der Waals surface area contributed by atoms with Crippen LogP contribution in [0.25, 0.3) is 0 Å². The number of carbonyl (C=O) groups excluding carboxylic acids is 3. The van der Waals surface area contributed by atoms with E-state index in [1.807, 2.05) is 52.0 Å². The number of aryl methyl sites for hydroxylation is 1. The molecule has 0 aromatic heterocycles. The van der Waals surface area contributed by atoms with E-state index in [1.165, 1.54) is 4.90 Å². The molecule has 7 nitrogen and oxygen atoms in total. The van der Waals surface area contributed by atoms with E-state index < -0.39 is 23.3 Å². The molecular formula is C22H35N3O4. The molecule has 1 aromatic rings. The van der Waals surface area contributed by atoms with Crippen LogP contribution < -0.4 is 10.6 Å². The first-order valence-electron chi connectivity index (χ1n) is 9.88. The molecule has 1 rings (SSSR count). The molecule has 7 heteroatoms. The predicted octanol–water partition coefficient (Wildman–Crippen LogP) is 3.32. The fourth-order valence-corrected chi connectivity index (χ4v) is 2.82. The monoisotopic (exact) mass is 405 g/mol. The van der Waals surface area contributed by atoms with E-state index in [9.17, 15) is 14.4 Å². The van der Waals surface area contributed by atoms with Gasteiger partial charge in [-0.05, 0) is 61.0 Å². The van der Waals surface area contributed by atoms with Gasteiger partial charge in [-0.2, -0.15) is 0 Å². The van der Waals surface area contributed by atoms with Crippen molar-refractivity contribution in [2.45, 2.75) is 72.6 Å². The summed E-state index contributed by atoms with van der Waals surface area (Å²) in [5.41, 5.74) is 0.607. The largest absolute Gasteiger partial charge is 0.444 e.